The van der Waals surface area contributed by atoms with Gasteiger partial charge >= 0.3 is 5.97 Å². The van der Waals surface area contributed by atoms with Crippen molar-refractivity contribution in [3.8, 4) is 28.6 Å². The molecule has 0 radical (unpaired) electrons. The van der Waals surface area contributed by atoms with Crippen LogP contribution >= 0.6 is 0 Å². The molecule has 34 heavy (non-hydrogen) atoms. The Bertz CT molecular complexity index is 1210. The van der Waals surface area contributed by atoms with Gasteiger partial charge in [0.15, 0.2) is 12.4 Å². The zero-order chi connectivity index (χ0) is 25.0. The number of hydrogen-bond donors (Lipinski definition) is 1. The Morgan fingerprint density at radius 1 is 1.09 bits per heavy atom. The summed E-state index contributed by atoms with van der Waals surface area (Å²) < 4.78 is 21.2. The summed E-state index contributed by atoms with van der Waals surface area (Å²) in [7, 11) is 2.71. The van der Waals surface area contributed by atoms with Crippen molar-refractivity contribution in [2.75, 3.05) is 14.2 Å². The minimum Gasteiger partial charge on any atom is -0.507 e. The molecule has 9 nitrogen and oxygen atoms in total. The maximum absolute atomic E-state index is 12.5. The van der Waals surface area contributed by atoms with Crippen LogP contribution in [0.1, 0.15) is 59.4 Å². The SMILES string of the molecule is COC(=O)c1cccc(-c2noc(COc3ccc(C(=O)CC(C)(C)C)c(O)c3C)n2)c1OC. The molecular formula is C25H28N2O7. The summed E-state index contributed by atoms with van der Waals surface area (Å²) in [6.07, 6.45) is 0.311. The largest absolute Gasteiger partial charge is 0.507 e. The highest BCUT2D eigenvalue weighted by molar-refractivity contribution is 5.99. The molecule has 1 heterocycles. The van der Waals surface area contributed by atoms with E-state index in [1.54, 1.807) is 37.3 Å². The standard InChI is InChI=1S/C25H28N2O7/c1-14-19(11-10-15(21(14)29)18(28)12-25(2,3)4)33-13-20-26-23(27-34-20)16-8-7-9-17(22(16)31-5)24(30)32-6/h7-11,29H,12-13H2,1-6H3. The molecule has 0 atom stereocenters. The number of carbonyl (C=O) groups excluding carboxylic acids is 2. The van der Waals surface area contributed by atoms with Gasteiger partial charge in [0.25, 0.3) is 5.89 Å². The second-order valence-corrected chi connectivity index (χ2v) is 8.92. The third-order valence-electron chi connectivity index (χ3n) is 5.06. The number of methoxy groups -OCH3 is 2. The number of esters is 1. The summed E-state index contributed by atoms with van der Waals surface area (Å²) in [4.78, 5) is 28.8. The Morgan fingerprint density at radius 2 is 1.82 bits per heavy atom. The quantitative estimate of drug-likeness (QED) is 0.369. The van der Waals surface area contributed by atoms with Crippen LogP contribution in [0, 0.1) is 12.3 Å². The van der Waals surface area contributed by atoms with Crippen molar-refractivity contribution in [1.82, 2.24) is 10.1 Å². The summed E-state index contributed by atoms with van der Waals surface area (Å²) in [5.41, 5.74) is 1.19. The average Bonchev–Trinajstić information content (AvgIpc) is 3.26. The zero-order valence-corrected chi connectivity index (χ0v) is 20.1. The smallest absolute Gasteiger partial charge is 0.341 e. The van der Waals surface area contributed by atoms with Gasteiger partial charge in [-0.15, -0.1) is 0 Å². The average molecular weight is 469 g/mol. The first-order valence-corrected chi connectivity index (χ1v) is 10.6. The molecule has 1 aromatic heterocycles. The maximum atomic E-state index is 12.5. The molecule has 0 saturated carbocycles. The van der Waals surface area contributed by atoms with Crippen LogP contribution in [0.5, 0.6) is 17.2 Å². The first-order valence-electron chi connectivity index (χ1n) is 10.6. The Hall–Kier alpha value is -3.88. The monoisotopic (exact) mass is 468 g/mol. The van der Waals surface area contributed by atoms with Gasteiger partial charge in [-0.2, -0.15) is 4.98 Å². The van der Waals surface area contributed by atoms with E-state index in [4.69, 9.17) is 18.7 Å². The summed E-state index contributed by atoms with van der Waals surface area (Å²) in [5, 5.41) is 14.5. The summed E-state index contributed by atoms with van der Waals surface area (Å²) in [6, 6.07) is 8.10. The third kappa shape index (κ3) is 5.36. The van der Waals surface area contributed by atoms with Gasteiger partial charge < -0.3 is 23.8 Å². The van der Waals surface area contributed by atoms with Crippen LogP contribution in [-0.2, 0) is 11.3 Å². The van der Waals surface area contributed by atoms with Crippen LogP contribution in [0.4, 0.5) is 0 Å². The molecule has 0 saturated heterocycles. The normalized spacial score (nSPS) is 11.2. The molecule has 0 spiro atoms. The van der Waals surface area contributed by atoms with Crippen LogP contribution in [0.2, 0.25) is 0 Å². The van der Waals surface area contributed by atoms with Crippen molar-refractivity contribution in [3.63, 3.8) is 0 Å². The van der Waals surface area contributed by atoms with Crippen LogP contribution < -0.4 is 9.47 Å². The fourth-order valence-electron chi connectivity index (χ4n) is 3.41. The van der Waals surface area contributed by atoms with E-state index >= 15 is 0 Å². The van der Waals surface area contributed by atoms with Crippen molar-refractivity contribution in [1.29, 1.82) is 0 Å². The molecule has 0 aliphatic heterocycles. The molecule has 1 N–H and O–H groups in total. The van der Waals surface area contributed by atoms with Gasteiger partial charge in [0, 0.05) is 12.0 Å². The Labute approximate surface area is 197 Å². The van der Waals surface area contributed by atoms with Crippen LogP contribution in [0.3, 0.4) is 0 Å². The minimum absolute atomic E-state index is 0.0679. The molecule has 0 amide bonds. The number of nitrogens with zero attached hydrogens (tertiary/aromatic N) is 2. The Morgan fingerprint density at radius 3 is 2.47 bits per heavy atom. The van der Waals surface area contributed by atoms with Crippen molar-refractivity contribution in [2.24, 2.45) is 5.41 Å². The highest BCUT2D eigenvalue weighted by Gasteiger charge is 2.23. The van der Waals surface area contributed by atoms with Crippen molar-refractivity contribution in [3.05, 3.63) is 52.9 Å². The molecule has 3 rings (SSSR count). The molecule has 3 aromatic rings. The van der Waals surface area contributed by atoms with E-state index in [0.717, 1.165) is 0 Å². The van der Waals surface area contributed by atoms with Gasteiger partial charge in [0.05, 0.1) is 25.3 Å². The number of benzene rings is 2. The number of phenols is 1. The minimum atomic E-state index is -0.550. The first-order chi connectivity index (χ1) is 16.1. The lowest BCUT2D eigenvalue weighted by Crippen LogP contribution is -2.13. The highest BCUT2D eigenvalue weighted by atomic mass is 16.5. The van der Waals surface area contributed by atoms with Crippen molar-refractivity contribution >= 4 is 11.8 Å². The molecule has 0 fully saturated rings. The number of ether oxygens (including phenoxy) is 3. The second-order valence-electron chi connectivity index (χ2n) is 8.92. The number of ketones is 1. The lowest BCUT2D eigenvalue weighted by atomic mass is 9.87. The molecule has 0 unspecified atom stereocenters. The number of phenolic OH excluding ortho intramolecular Hbond substituents is 1. The van der Waals surface area contributed by atoms with E-state index in [1.807, 2.05) is 20.8 Å². The van der Waals surface area contributed by atoms with E-state index in [2.05, 4.69) is 10.1 Å². The fourth-order valence-corrected chi connectivity index (χ4v) is 3.41. The lowest BCUT2D eigenvalue weighted by Gasteiger charge is -2.18. The Balaban J connectivity index is 1.78. The maximum Gasteiger partial charge on any atom is 0.341 e. The van der Waals surface area contributed by atoms with E-state index in [9.17, 15) is 14.7 Å². The van der Waals surface area contributed by atoms with Gasteiger partial charge in [0.1, 0.15) is 22.8 Å². The number of hydrogen-bond acceptors (Lipinski definition) is 9. The molecule has 0 aliphatic rings. The number of carbonyl (C=O) groups is 2. The van der Waals surface area contributed by atoms with Crippen LogP contribution in [-0.4, -0.2) is 41.2 Å². The summed E-state index contributed by atoms with van der Waals surface area (Å²) >= 11 is 0. The number of rotatable bonds is 8. The molecule has 9 heteroatoms. The molecule has 0 aliphatic carbocycles. The van der Waals surface area contributed by atoms with Crippen molar-refractivity contribution in [2.45, 2.75) is 40.7 Å². The van der Waals surface area contributed by atoms with Crippen molar-refractivity contribution < 1.29 is 33.4 Å². The Kier molecular flexibility index (Phi) is 7.24. The first kappa shape index (κ1) is 24.8. The molecule has 2 aromatic carbocycles. The third-order valence-corrected chi connectivity index (χ3v) is 5.06. The predicted molar refractivity (Wildman–Crippen MR) is 123 cm³/mol. The van der Waals surface area contributed by atoms with Gasteiger partial charge in [-0.3, -0.25) is 4.79 Å². The zero-order valence-electron chi connectivity index (χ0n) is 20.1. The second kappa shape index (κ2) is 9.94. The number of aromatic hydroxyl groups is 1. The van der Waals surface area contributed by atoms with Gasteiger partial charge in [-0.1, -0.05) is 32.0 Å². The summed E-state index contributed by atoms with van der Waals surface area (Å²) in [6.45, 7) is 7.49. The van der Waals surface area contributed by atoms with E-state index in [0.29, 0.717) is 23.3 Å². The summed E-state index contributed by atoms with van der Waals surface area (Å²) in [5.74, 6) is 0.238. The highest BCUT2D eigenvalue weighted by Crippen LogP contribution is 2.34. The van der Waals surface area contributed by atoms with E-state index < -0.39 is 5.97 Å². The predicted octanol–water partition coefficient (Wildman–Crippen LogP) is 4.74. The van der Waals surface area contributed by atoms with Crippen LogP contribution in [0.15, 0.2) is 34.9 Å². The van der Waals surface area contributed by atoms with Crippen LogP contribution in [0.25, 0.3) is 11.4 Å². The van der Waals surface area contributed by atoms with Gasteiger partial charge in [0.2, 0.25) is 5.82 Å². The molecule has 180 valence electrons. The lowest BCUT2D eigenvalue weighted by molar-refractivity contribution is 0.0597. The van der Waals surface area contributed by atoms with Gasteiger partial charge in [-0.05, 0) is 36.6 Å². The number of Topliss-reactive ketones (excluding diaryl/α,β-unsaturated/α-hetero) is 1. The topological polar surface area (TPSA) is 121 Å². The van der Waals surface area contributed by atoms with E-state index in [1.165, 1.54) is 14.2 Å². The fraction of sp³-hybridized carbons (Fsp3) is 0.360. The number of aromatic nitrogens is 2. The molecular weight excluding hydrogens is 440 g/mol. The molecule has 0 bridgehead atoms. The number of para-hydroxylation sites is 1. The van der Waals surface area contributed by atoms with Gasteiger partial charge in [-0.25, -0.2) is 4.79 Å². The van der Waals surface area contributed by atoms with E-state index in [-0.39, 0.29) is 52.1 Å².